The summed E-state index contributed by atoms with van der Waals surface area (Å²) in [4.78, 5) is 10.1. The van der Waals surface area contributed by atoms with Crippen LogP contribution in [0.1, 0.15) is 0 Å². The monoisotopic (exact) mass is 206 g/mol. The second-order valence-corrected chi connectivity index (χ2v) is 2.12. The van der Waals surface area contributed by atoms with Crippen molar-refractivity contribution in [3.05, 3.63) is 12.8 Å². The maximum absolute atomic E-state index is 12.1. The quantitative estimate of drug-likeness (QED) is 0.306. The molecule has 0 saturated carbocycles. The first-order chi connectivity index (χ1) is 5.23. The third kappa shape index (κ3) is 2.10. The molecular weight excluding hydrogens is 203 g/mol. The highest BCUT2D eigenvalue weighted by molar-refractivity contribution is 6.24. The van der Waals surface area contributed by atoms with E-state index in [0.717, 1.165) is 0 Å². The summed E-state index contributed by atoms with van der Waals surface area (Å²) in [6.45, 7) is 2.73. The van der Waals surface area contributed by atoms with Crippen LogP contribution in [0.25, 0.3) is 0 Å². The molecule has 0 bridgehead atoms. The molecule has 0 aliphatic heterocycles. The summed E-state index contributed by atoms with van der Waals surface area (Å²) < 4.78 is 51.2. The molecule has 0 aromatic rings. The van der Waals surface area contributed by atoms with Crippen LogP contribution in [0.3, 0.4) is 0 Å². The Morgan fingerprint density at radius 3 is 2.08 bits per heavy atom. The predicted molar refractivity (Wildman–Crippen MR) is 32.0 cm³/mol. The average Bonchev–Trinajstić information content (AvgIpc) is 1.85. The van der Waals surface area contributed by atoms with Crippen molar-refractivity contribution in [1.82, 2.24) is 0 Å². The van der Waals surface area contributed by atoms with E-state index in [1.165, 1.54) is 0 Å². The molecule has 0 aliphatic rings. The lowest BCUT2D eigenvalue weighted by molar-refractivity contribution is -0.198. The molecule has 0 N–H and O–H groups in total. The molecule has 0 heterocycles. The van der Waals surface area contributed by atoms with Gasteiger partial charge in [0.25, 0.3) is 0 Å². The molecule has 0 spiro atoms. The minimum Gasteiger partial charge on any atom is -0.430 e. The lowest BCUT2D eigenvalue weighted by atomic mass is 10.3. The molecule has 2 nitrogen and oxygen atoms in total. The Balaban J connectivity index is 4.61. The lowest BCUT2D eigenvalue weighted by Gasteiger charge is -2.17. The van der Waals surface area contributed by atoms with Gasteiger partial charge in [0, 0.05) is 0 Å². The number of ether oxygens (including phenoxy) is 1. The van der Waals surface area contributed by atoms with Gasteiger partial charge in [-0.2, -0.15) is 17.6 Å². The van der Waals surface area contributed by atoms with E-state index in [9.17, 15) is 22.4 Å². The second kappa shape index (κ2) is 3.30. The maximum atomic E-state index is 12.1. The molecule has 0 amide bonds. The van der Waals surface area contributed by atoms with Gasteiger partial charge in [-0.25, -0.2) is 4.79 Å². The van der Waals surface area contributed by atoms with Crippen LogP contribution >= 0.6 is 11.6 Å². The van der Waals surface area contributed by atoms with Crippen molar-refractivity contribution in [2.45, 2.75) is 11.3 Å². The van der Waals surface area contributed by atoms with Crippen LogP contribution in [-0.4, -0.2) is 17.3 Å². The van der Waals surface area contributed by atoms with E-state index in [-0.39, 0.29) is 0 Å². The van der Waals surface area contributed by atoms with E-state index in [1.807, 2.05) is 0 Å². The van der Waals surface area contributed by atoms with Crippen molar-refractivity contribution in [1.29, 1.82) is 0 Å². The van der Waals surface area contributed by atoms with Gasteiger partial charge in [-0.15, -0.1) is 0 Å². The van der Waals surface area contributed by atoms with E-state index in [4.69, 9.17) is 0 Å². The fourth-order valence-corrected chi connectivity index (χ4v) is 0.343. The number of rotatable bonds is 3. The van der Waals surface area contributed by atoms with Crippen LogP contribution < -0.4 is 0 Å². The Hall–Kier alpha value is -0.780. The molecule has 0 unspecified atom stereocenters. The highest BCUT2D eigenvalue weighted by Gasteiger charge is 2.62. The van der Waals surface area contributed by atoms with Crippen LogP contribution in [-0.2, 0) is 9.53 Å². The summed E-state index contributed by atoms with van der Waals surface area (Å²) >= 11 is 3.94. The number of carbonyl (C=O) groups excluding carboxylic acids is 1. The number of halogens is 5. The third-order valence-corrected chi connectivity index (χ3v) is 1.04. The van der Waals surface area contributed by atoms with Crippen molar-refractivity contribution >= 4 is 17.6 Å². The Morgan fingerprint density at radius 1 is 1.42 bits per heavy atom. The topological polar surface area (TPSA) is 26.3 Å². The van der Waals surface area contributed by atoms with E-state index >= 15 is 0 Å². The molecule has 0 fully saturated rings. The Kier molecular flexibility index (Phi) is 3.09. The van der Waals surface area contributed by atoms with E-state index in [1.54, 1.807) is 0 Å². The Bertz CT molecular complexity index is 198. The molecule has 0 aromatic heterocycles. The molecule has 70 valence electrons. The standard InChI is InChI=1S/C5H3ClF4O2/c1-2-12-3(11)4(7,8)5(6,9)10/h2H,1H2. The van der Waals surface area contributed by atoms with Gasteiger partial charge in [-0.1, -0.05) is 6.58 Å². The Labute approximate surface area is 69.7 Å². The van der Waals surface area contributed by atoms with Crippen molar-refractivity contribution < 1.29 is 27.1 Å². The van der Waals surface area contributed by atoms with Crippen LogP contribution in [0.5, 0.6) is 0 Å². The summed E-state index contributed by atoms with van der Waals surface area (Å²) in [6.07, 6.45) is 0.304. The summed E-state index contributed by atoms with van der Waals surface area (Å²) in [5.74, 6) is -7.50. The molecular formula is C5H3ClF4O2. The van der Waals surface area contributed by atoms with Gasteiger partial charge in [0.05, 0.1) is 6.26 Å². The zero-order valence-corrected chi connectivity index (χ0v) is 6.25. The minimum atomic E-state index is -5.05. The normalized spacial score (nSPS) is 12.4. The Morgan fingerprint density at radius 2 is 1.83 bits per heavy atom. The largest absolute Gasteiger partial charge is 0.430 e. The number of esters is 1. The minimum absolute atomic E-state index is 0.304. The highest BCUT2D eigenvalue weighted by atomic mass is 35.5. The van der Waals surface area contributed by atoms with Gasteiger partial charge in [0.1, 0.15) is 0 Å². The number of hydrogen-bond donors (Lipinski definition) is 0. The average molecular weight is 207 g/mol. The van der Waals surface area contributed by atoms with Gasteiger partial charge < -0.3 is 4.74 Å². The lowest BCUT2D eigenvalue weighted by Crippen LogP contribution is -2.43. The van der Waals surface area contributed by atoms with Crippen molar-refractivity contribution in [2.75, 3.05) is 0 Å². The predicted octanol–water partition coefficient (Wildman–Crippen LogP) is 2.14. The molecule has 12 heavy (non-hydrogen) atoms. The van der Waals surface area contributed by atoms with Crippen molar-refractivity contribution in [2.24, 2.45) is 0 Å². The summed E-state index contributed by atoms with van der Waals surface area (Å²) in [5.41, 5.74) is 0. The number of carbonyl (C=O) groups is 1. The summed E-state index contributed by atoms with van der Waals surface area (Å²) in [6, 6.07) is 0. The fourth-order valence-electron chi connectivity index (χ4n) is 0.265. The zero-order valence-electron chi connectivity index (χ0n) is 5.49. The van der Waals surface area contributed by atoms with Crippen molar-refractivity contribution in [3.63, 3.8) is 0 Å². The molecule has 0 atom stereocenters. The van der Waals surface area contributed by atoms with Gasteiger partial charge in [-0.3, -0.25) is 0 Å². The van der Waals surface area contributed by atoms with Gasteiger partial charge >= 0.3 is 17.3 Å². The first-order valence-corrected chi connectivity index (χ1v) is 2.88. The first kappa shape index (κ1) is 11.2. The molecule has 0 aliphatic carbocycles. The summed E-state index contributed by atoms with van der Waals surface area (Å²) in [5, 5.41) is -4.97. The fraction of sp³-hybridized carbons (Fsp3) is 0.400. The maximum Gasteiger partial charge on any atom is 0.419 e. The van der Waals surface area contributed by atoms with Crippen molar-refractivity contribution in [3.8, 4) is 0 Å². The number of hydrogen-bond acceptors (Lipinski definition) is 2. The SMILES string of the molecule is C=COC(=O)C(F)(F)C(F)(F)Cl. The van der Waals surface area contributed by atoms with Gasteiger partial charge in [-0.05, 0) is 11.6 Å². The molecule has 0 rings (SSSR count). The zero-order chi connectivity index (χ0) is 9.99. The molecule has 0 aromatic carbocycles. The van der Waals surface area contributed by atoms with Crippen LogP contribution in [0.4, 0.5) is 17.6 Å². The molecule has 7 heteroatoms. The van der Waals surface area contributed by atoms with E-state index < -0.39 is 17.3 Å². The molecule has 0 saturated heterocycles. The first-order valence-electron chi connectivity index (χ1n) is 2.50. The van der Waals surface area contributed by atoms with Crippen LogP contribution in [0, 0.1) is 0 Å². The second-order valence-electron chi connectivity index (χ2n) is 1.64. The third-order valence-electron chi connectivity index (χ3n) is 0.803. The number of alkyl halides is 5. The van der Waals surface area contributed by atoms with Gasteiger partial charge in [0.15, 0.2) is 0 Å². The smallest absolute Gasteiger partial charge is 0.419 e. The van der Waals surface area contributed by atoms with Crippen LogP contribution in [0.2, 0.25) is 0 Å². The van der Waals surface area contributed by atoms with E-state index in [0.29, 0.717) is 6.26 Å². The van der Waals surface area contributed by atoms with Crippen LogP contribution in [0.15, 0.2) is 12.8 Å². The van der Waals surface area contributed by atoms with Gasteiger partial charge in [0.2, 0.25) is 0 Å². The summed E-state index contributed by atoms with van der Waals surface area (Å²) in [7, 11) is 0. The molecule has 0 radical (unpaired) electrons. The highest BCUT2D eigenvalue weighted by Crippen LogP contribution is 2.38. The van der Waals surface area contributed by atoms with E-state index in [2.05, 4.69) is 22.9 Å².